The van der Waals surface area contributed by atoms with Crippen LogP contribution in [0.4, 0.5) is 0 Å². The highest BCUT2D eigenvalue weighted by Crippen LogP contribution is 2.44. The van der Waals surface area contributed by atoms with E-state index in [1.807, 2.05) is 0 Å². The van der Waals surface area contributed by atoms with Crippen LogP contribution in [0.1, 0.15) is 32.1 Å². The van der Waals surface area contributed by atoms with Crippen LogP contribution >= 0.6 is 0 Å². The number of amides is 2. The zero-order chi connectivity index (χ0) is 11.3. The van der Waals surface area contributed by atoms with Gasteiger partial charge in [0.05, 0.1) is 5.41 Å². The topological polar surface area (TPSA) is 98.2 Å². The molecule has 0 spiro atoms. The van der Waals surface area contributed by atoms with E-state index < -0.39 is 0 Å². The molecular weight excluding hydrogens is 194 g/mol. The Bertz CT molecular complexity index is 249. The zero-order valence-corrected chi connectivity index (χ0v) is 8.92. The van der Waals surface area contributed by atoms with Crippen LogP contribution in [-0.4, -0.2) is 24.9 Å². The maximum absolute atomic E-state index is 11.6. The van der Waals surface area contributed by atoms with Crippen LogP contribution in [-0.2, 0) is 9.59 Å². The van der Waals surface area contributed by atoms with Gasteiger partial charge in [0, 0.05) is 19.5 Å². The number of rotatable bonds is 7. The monoisotopic (exact) mass is 213 g/mol. The molecule has 86 valence electrons. The van der Waals surface area contributed by atoms with Crippen molar-refractivity contribution in [1.82, 2.24) is 5.32 Å². The first-order valence-corrected chi connectivity index (χ1v) is 5.37. The fraction of sp³-hybridized carbons (Fsp3) is 0.800. The molecule has 0 aliphatic heterocycles. The molecule has 1 rings (SSSR count). The minimum atomic E-state index is -0.290. The van der Waals surface area contributed by atoms with E-state index >= 15 is 0 Å². The van der Waals surface area contributed by atoms with E-state index in [1.165, 1.54) is 0 Å². The van der Waals surface area contributed by atoms with Gasteiger partial charge < -0.3 is 16.8 Å². The molecular formula is C10H19N3O2. The number of nitrogens with two attached hydrogens (primary N) is 2. The lowest BCUT2D eigenvalue weighted by Crippen LogP contribution is -2.37. The zero-order valence-electron chi connectivity index (χ0n) is 8.92. The second-order valence-corrected chi connectivity index (χ2v) is 4.16. The van der Waals surface area contributed by atoms with Gasteiger partial charge in [0.1, 0.15) is 0 Å². The number of carbonyl (C=O) groups excluding carboxylic acids is 2. The second kappa shape index (κ2) is 5.11. The third-order valence-corrected chi connectivity index (χ3v) is 2.86. The molecule has 0 atom stereocenters. The fourth-order valence-corrected chi connectivity index (χ4v) is 1.49. The van der Waals surface area contributed by atoms with Gasteiger partial charge in [-0.3, -0.25) is 9.59 Å². The molecule has 0 radical (unpaired) electrons. The Morgan fingerprint density at radius 3 is 2.40 bits per heavy atom. The van der Waals surface area contributed by atoms with E-state index in [0.29, 0.717) is 19.5 Å². The number of primary amides is 1. The first kappa shape index (κ1) is 12.0. The molecule has 0 unspecified atom stereocenters. The smallest absolute Gasteiger partial charge is 0.227 e. The standard InChI is InChI=1S/C10H19N3O2/c11-7-10(4-5-10)9(15)13-6-2-1-3-8(12)14/h1-7,11H2,(H2,12,14)(H,13,15). The minimum Gasteiger partial charge on any atom is -0.370 e. The Kier molecular flexibility index (Phi) is 4.08. The molecule has 5 nitrogen and oxygen atoms in total. The van der Waals surface area contributed by atoms with Crippen molar-refractivity contribution in [3.8, 4) is 0 Å². The van der Waals surface area contributed by atoms with Crippen LogP contribution in [0.25, 0.3) is 0 Å². The number of unbranched alkanes of at least 4 members (excludes halogenated alkanes) is 1. The number of hydrogen-bond acceptors (Lipinski definition) is 3. The van der Waals surface area contributed by atoms with E-state index in [9.17, 15) is 9.59 Å². The molecule has 1 aliphatic carbocycles. The third-order valence-electron chi connectivity index (χ3n) is 2.86. The number of carbonyl (C=O) groups is 2. The quantitative estimate of drug-likeness (QED) is 0.497. The Balaban J connectivity index is 2.05. The van der Waals surface area contributed by atoms with Crippen molar-refractivity contribution in [2.45, 2.75) is 32.1 Å². The summed E-state index contributed by atoms with van der Waals surface area (Å²) in [6.07, 6.45) is 3.70. The minimum absolute atomic E-state index is 0.0593. The van der Waals surface area contributed by atoms with Crippen molar-refractivity contribution >= 4 is 11.8 Å². The molecule has 5 N–H and O–H groups in total. The summed E-state index contributed by atoms with van der Waals surface area (Å²) in [6.45, 7) is 1.04. The number of nitrogens with one attached hydrogen (secondary N) is 1. The molecule has 0 bridgehead atoms. The molecule has 0 aromatic carbocycles. The van der Waals surface area contributed by atoms with Crippen LogP contribution in [0, 0.1) is 5.41 Å². The van der Waals surface area contributed by atoms with Crippen LogP contribution in [0.3, 0.4) is 0 Å². The van der Waals surface area contributed by atoms with E-state index in [2.05, 4.69) is 5.32 Å². The third kappa shape index (κ3) is 3.51. The highest BCUT2D eigenvalue weighted by molar-refractivity contribution is 5.85. The molecule has 5 heteroatoms. The van der Waals surface area contributed by atoms with Gasteiger partial charge in [0.25, 0.3) is 0 Å². The summed E-state index contributed by atoms with van der Waals surface area (Å²) < 4.78 is 0. The predicted molar refractivity (Wildman–Crippen MR) is 56.8 cm³/mol. The summed E-state index contributed by atoms with van der Waals surface area (Å²) in [5.41, 5.74) is 10.2. The van der Waals surface area contributed by atoms with Gasteiger partial charge in [-0.15, -0.1) is 0 Å². The largest absolute Gasteiger partial charge is 0.370 e. The van der Waals surface area contributed by atoms with Crippen LogP contribution in [0.5, 0.6) is 0 Å². The van der Waals surface area contributed by atoms with Crippen LogP contribution in [0.2, 0.25) is 0 Å². The Labute approximate surface area is 89.6 Å². The summed E-state index contributed by atoms with van der Waals surface area (Å²) >= 11 is 0. The summed E-state index contributed by atoms with van der Waals surface area (Å²) in [4.78, 5) is 22.0. The maximum Gasteiger partial charge on any atom is 0.227 e. The van der Waals surface area contributed by atoms with Crippen LogP contribution < -0.4 is 16.8 Å². The van der Waals surface area contributed by atoms with Crippen LogP contribution in [0.15, 0.2) is 0 Å². The lowest BCUT2D eigenvalue weighted by atomic mass is 10.1. The van der Waals surface area contributed by atoms with Gasteiger partial charge in [-0.25, -0.2) is 0 Å². The van der Waals surface area contributed by atoms with Crippen molar-refractivity contribution in [2.24, 2.45) is 16.9 Å². The molecule has 0 saturated heterocycles. The highest BCUT2D eigenvalue weighted by atomic mass is 16.2. The van der Waals surface area contributed by atoms with Gasteiger partial charge in [0.15, 0.2) is 0 Å². The highest BCUT2D eigenvalue weighted by Gasteiger charge is 2.48. The first-order chi connectivity index (χ1) is 7.10. The van der Waals surface area contributed by atoms with Gasteiger partial charge in [0.2, 0.25) is 11.8 Å². The van der Waals surface area contributed by atoms with E-state index in [1.54, 1.807) is 0 Å². The van der Waals surface area contributed by atoms with E-state index in [-0.39, 0.29) is 17.2 Å². The Morgan fingerprint density at radius 2 is 1.93 bits per heavy atom. The maximum atomic E-state index is 11.6. The van der Waals surface area contributed by atoms with Gasteiger partial charge in [-0.2, -0.15) is 0 Å². The van der Waals surface area contributed by atoms with Gasteiger partial charge >= 0.3 is 0 Å². The second-order valence-electron chi connectivity index (χ2n) is 4.16. The average molecular weight is 213 g/mol. The van der Waals surface area contributed by atoms with Crippen molar-refractivity contribution < 1.29 is 9.59 Å². The summed E-state index contributed by atoms with van der Waals surface area (Å²) in [5.74, 6) is -0.231. The predicted octanol–water partition coefficient (Wildman–Crippen LogP) is -0.503. The lowest BCUT2D eigenvalue weighted by Gasteiger charge is -2.12. The summed E-state index contributed by atoms with van der Waals surface area (Å²) in [5, 5.41) is 2.84. The normalized spacial score (nSPS) is 17.1. The fourth-order valence-electron chi connectivity index (χ4n) is 1.49. The van der Waals surface area contributed by atoms with Gasteiger partial charge in [-0.1, -0.05) is 0 Å². The van der Waals surface area contributed by atoms with Crippen molar-refractivity contribution in [3.05, 3.63) is 0 Å². The molecule has 0 aromatic rings. The number of hydrogen-bond donors (Lipinski definition) is 3. The molecule has 1 fully saturated rings. The molecule has 1 aliphatic rings. The van der Waals surface area contributed by atoms with Gasteiger partial charge in [-0.05, 0) is 25.7 Å². The van der Waals surface area contributed by atoms with Crippen molar-refractivity contribution in [1.29, 1.82) is 0 Å². The van der Waals surface area contributed by atoms with Crippen molar-refractivity contribution in [2.75, 3.05) is 13.1 Å². The molecule has 1 saturated carbocycles. The molecule has 0 aromatic heterocycles. The molecule has 15 heavy (non-hydrogen) atoms. The summed E-state index contributed by atoms with van der Waals surface area (Å²) in [7, 11) is 0. The lowest BCUT2D eigenvalue weighted by molar-refractivity contribution is -0.125. The molecule has 0 heterocycles. The van der Waals surface area contributed by atoms with E-state index in [4.69, 9.17) is 11.5 Å². The Hall–Kier alpha value is -1.10. The average Bonchev–Trinajstić information content (AvgIpc) is 2.97. The van der Waals surface area contributed by atoms with Crippen molar-refractivity contribution in [3.63, 3.8) is 0 Å². The van der Waals surface area contributed by atoms with E-state index in [0.717, 1.165) is 25.7 Å². The first-order valence-electron chi connectivity index (χ1n) is 5.37. The SMILES string of the molecule is NCC1(C(=O)NCCCCC(N)=O)CC1. The Morgan fingerprint density at radius 1 is 1.27 bits per heavy atom. The molecule has 2 amide bonds. The summed E-state index contributed by atoms with van der Waals surface area (Å²) in [6, 6.07) is 0.